The SMILES string of the molecule is CNC(c1ccc(OC)cc1)C(C)Oc1cccc(F)c1. The molecule has 2 aromatic rings. The molecule has 0 saturated carbocycles. The number of rotatable bonds is 6. The predicted octanol–water partition coefficient (Wildman–Crippen LogP) is 3.56. The van der Waals surface area contributed by atoms with Crippen LogP contribution in [0.3, 0.4) is 0 Å². The van der Waals surface area contributed by atoms with Crippen LogP contribution >= 0.6 is 0 Å². The van der Waals surface area contributed by atoms with E-state index in [1.54, 1.807) is 19.2 Å². The molecule has 21 heavy (non-hydrogen) atoms. The van der Waals surface area contributed by atoms with E-state index in [0.717, 1.165) is 11.3 Å². The van der Waals surface area contributed by atoms with Crippen LogP contribution in [0.4, 0.5) is 4.39 Å². The van der Waals surface area contributed by atoms with Crippen LogP contribution in [0.1, 0.15) is 18.5 Å². The van der Waals surface area contributed by atoms with Crippen molar-refractivity contribution < 1.29 is 13.9 Å². The third kappa shape index (κ3) is 3.95. The second-order valence-electron chi connectivity index (χ2n) is 4.82. The molecule has 0 amide bonds. The first-order valence-electron chi connectivity index (χ1n) is 6.87. The van der Waals surface area contributed by atoms with E-state index < -0.39 is 0 Å². The molecule has 2 unspecified atom stereocenters. The molecule has 2 rings (SSSR count). The molecule has 0 aliphatic carbocycles. The normalized spacial score (nSPS) is 13.5. The molecule has 0 aromatic heterocycles. The maximum atomic E-state index is 13.2. The highest BCUT2D eigenvalue weighted by Gasteiger charge is 2.19. The fourth-order valence-corrected chi connectivity index (χ4v) is 2.31. The van der Waals surface area contributed by atoms with E-state index in [2.05, 4.69) is 5.32 Å². The molecule has 2 aromatic carbocycles. The van der Waals surface area contributed by atoms with E-state index in [-0.39, 0.29) is 18.0 Å². The molecule has 0 aliphatic rings. The van der Waals surface area contributed by atoms with Crippen molar-refractivity contribution in [3.05, 3.63) is 59.9 Å². The summed E-state index contributed by atoms with van der Waals surface area (Å²) in [5.41, 5.74) is 1.09. The average Bonchev–Trinajstić information content (AvgIpc) is 2.48. The molecule has 3 nitrogen and oxygen atoms in total. The van der Waals surface area contributed by atoms with E-state index in [1.165, 1.54) is 12.1 Å². The summed E-state index contributed by atoms with van der Waals surface area (Å²) >= 11 is 0. The van der Waals surface area contributed by atoms with Crippen molar-refractivity contribution in [1.29, 1.82) is 0 Å². The van der Waals surface area contributed by atoms with Crippen LogP contribution in [-0.2, 0) is 0 Å². The molecule has 0 aliphatic heterocycles. The Bertz CT molecular complexity index is 571. The van der Waals surface area contributed by atoms with Gasteiger partial charge in [0.15, 0.2) is 0 Å². The van der Waals surface area contributed by atoms with Gasteiger partial charge >= 0.3 is 0 Å². The van der Waals surface area contributed by atoms with Gasteiger partial charge < -0.3 is 14.8 Å². The first kappa shape index (κ1) is 15.3. The third-order valence-corrected chi connectivity index (χ3v) is 3.37. The Hall–Kier alpha value is -2.07. The smallest absolute Gasteiger partial charge is 0.126 e. The Kier molecular flexibility index (Phi) is 5.17. The summed E-state index contributed by atoms with van der Waals surface area (Å²) in [6.07, 6.45) is -0.148. The fourth-order valence-electron chi connectivity index (χ4n) is 2.31. The third-order valence-electron chi connectivity index (χ3n) is 3.37. The number of hydrogen-bond donors (Lipinski definition) is 1. The van der Waals surface area contributed by atoms with Crippen LogP contribution in [-0.4, -0.2) is 20.3 Å². The summed E-state index contributed by atoms with van der Waals surface area (Å²) in [7, 11) is 3.51. The van der Waals surface area contributed by atoms with Gasteiger partial charge in [-0.25, -0.2) is 4.39 Å². The second-order valence-corrected chi connectivity index (χ2v) is 4.82. The maximum absolute atomic E-state index is 13.2. The minimum atomic E-state index is -0.301. The van der Waals surface area contributed by atoms with Gasteiger partial charge in [-0.2, -0.15) is 0 Å². The Balaban J connectivity index is 2.12. The van der Waals surface area contributed by atoms with E-state index >= 15 is 0 Å². The molecule has 2 atom stereocenters. The summed E-state index contributed by atoms with van der Waals surface area (Å²) in [5.74, 6) is 1.04. The van der Waals surface area contributed by atoms with Crippen LogP contribution in [0.25, 0.3) is 0 Å². The van der Waals surface area contributed by atoms with E-state index in [9.17, 15) is 4.39 Å². The van der Waals surface area contributed by atoms with Crippen LogP contribution in [0, 0.1) is 5.82 Å². The quantitative estimate of drug-likeness (QED) is 0.882. The number of halogens is 1. The van der Waals surface area contributed by atoms with Gasteiger partial charge in [-0.15, -0.1) is 0 Å². The Morgan fingerprint density at radius 2 is 1.76 bits per heavy atom. The lowest BCUT2D eigenvalue weighted by Crippen LogP contribution is -2.31. The monoisotopic (exact) mass is 289 g/mol. The van der Waals surface area contributed by atoms with Crippen LogP contribution in [0.2, 0.25) is 0 Å². The van der Waals surface area contributed by atoms with Crippen molar-refractivity contribution in [3.8, 4) is 11.5 Å². The summed E-state index contributed by atoms with van der Waals surface area (Å²) in [5, 5.41) is 3.23. The highest BCUT2D eigenvalue weighted by Crippen LogP contribution is 2.24. The molecule has 112 valence electrons. The summed E-state index contributed by atoms with van der Waals surface area (Å²) in [6.45, 7) is 1.95. The molecule has 0 saturated heterocycles. The van der Waals surface area contributed by atoms with Gasteiger partial charge in [0.05, 0.1) is 13.2 Å². The van der Waals surface area contributed by atoms with E-state index in [0.29, 0.717) is 5.75 Å². The molecule has 0 radical (unpaired) electrons. The molecule has 0 bridgehead atoms. The highest BCUT2D eigenvalue weighted by atomic mass is 19.1. The molecule has 4 heteroatoms. The Morgan fingerprint density at radius 1 is 1.05 bits per heavy atom. The fraction of sp³-hybridized carbons (Fsp3) is 0.294. The second kappa shape index (κ2) is 7.09. The average molecular weight is 289 g/mol. The Labute approximate surface area is 124 Å². The molecule has 0 spiro atoms. The number of ether oxygens (including phenoxy) is 2. The van der Waals surface area contributed by atoms with E-state index in [4.69, 9.17) is 9.47 Å². The minimum absolute atomic E-state index is 0.000765. The standard InChI is InChI=1S/C17H20FNO2/c1-12(21-16-6-4-5-14(18)11-16)17(19-2)13-7-9-15(20-3)10-8-13/h4-12,17,19H,1-3H3. The summed E-state index contributed by atoms with van der Waals surface area (Å²) < 4.78 is 24.2. The number of hydrogen-bond acceptors (Lipinski definition) is 3. The van der Waals surface area contributed by atoms with Crippen molar-refractivity contribution in [1.82, 2.24) is 5.32 Å². The number of benzene rings is 2. The van der Waals surface area contributed by atoms with Gasteiger partial charge in [-0.05, 0) is 43.8 Å². The van der Waals surface area contributed by atoms with Crippen molar-refractivity contribution in [2.24, 2.45) is 0 Å². The lowest BCUT2D eigenvalue weighted by molar-refractivity contribution is 0.174. The van der Waals surface area contributed by atoms with E-state index in [1.807, 2.05) is 38.2 Å². The van der Waals surface area contributed by atoms with Crippen molar-refractivity contribution in [3.63, 3.8) is 0 Å². The van der Waals surface area contributed by atoms with Crippen LogP contribution in [0.15, 0.2) is 48.5 Å². The zero-order valence-corrected chi connectivity index (χ0v) is 12.5. The van der Waals surface area contributed by atoms with Crippen LogP contribution in [0.5, 0.6) is 11.5 Å². The first-order chi connectivity index (χ1) is 10.1. The van der Waals surface area contributed by atoms with Crippen molar-refractivity contribution >= 4 is 0 Å². The first-order valence-corrected chi connectivity index (χ1v) is 6.87. The zero-order chi connectivity index (χ0) is 15.2. The number of likely N-dealkylation sites (N-methyl/N-ethyl adjacent to an activating group) is 1. The minimum Gasteiger partial charge on any atom is -0.497 e. The number of methoxy groups -OCH3 is 1. The van der Waals surface area contributed by atoms with Crippen LogP contribution < -0.4 is 14.8 Å². The van der Waals surface area contributed by atoms with Crippen molar-refractivity contribution in [2.75, 3.05) is 14.2 Å². The van der Waals surface area contributed by atoms with Gasteiger partial charge in [0.25, 0.3) is 0 Å². The van der Waals surface area contributed by atoms with Gasteiger partial charge in [-0.3, -0.25) is 0 Å². The topological polar surface area (TPSA) is 30.5 Å². The number of nitrogens with one attached hydrogen (secondary N) is 1. The molecular weight excluding hydrogens is 269 g/mol. The molecular formula is C17H20FNO2. The van der Waals surface area contributed by atoms with Gasteiger partial charge in [0.1, 0.15) is 23.4 Å². The predicted molar refractivity (Wildman–Crippen MR) is 81.3 cm³/mol. The van der Waals surface area contributed by atoms with Gasteiger partial charge in [0, 0.05) is 6.07 Å². The Morgan fingerprint density at radius 3 is 2.33 bits per heavy atom. The molecule has 0 heterocycles. The van der Waals surface area contributed by atoms with Gasteiger partial charge in [-0.1, -0.05) is 18.2 Å². The largest absolute Gasteiger partial charge is 0.497 e. The van der Waals surface area contributed by atoms with Gasteiger partial charge in [0.2, 0.25) is 0 Å². The summed E-state index contributed by atoms with van der Waals surface area (Å²) in [6, 6.07) is 14.0. The highest BCUT2D eigenvalue weighted by molar-refractivity contribution is 5.30. The maximum Gasteiger partial charge on any atom is 0.126 e. The van der Waals surface area contributed by atoms with Crippen molar-refractivity contribution in [2.45, 2.75) is 19.1 Å². The lowest BCUT2D eigenvalue weighted by atomic mass is 10.0. The summed E-state index contributed by atoms with van der Waals surface area (Å²) in [4.78, 5) is 0. The lowest BCUT2D eigenvalue weighted by Gasteiger charge is -2.25. The zero-order valence-electron chi connectivity index (χ0n) is 12.5. The molecule has 1 N–H and O–H groups in total. The molecule has 0 fully saturated rings.